The van der Waals surface area contributed by atoms with E-state index in [2.05, 4.69) is 11.9 Å². The maximum Gasteiger partial charge on any atom is 0.226 e. The fraction of sp³-hybridized carbons (Fsp3) is 0.846. The molecule has 2 N–H and O–H groups in total. The maximum absolute atomic E-state index is 12.1. The van der Waals surface area contributed by atoms with Gasteiger partial charge in [0.15, 0.2) is 0 Å². The molecule has 0 heterocycles. The highest BCUT2D eigenvalue weighted by molar-refractivity contribution is 5.88. The molecule has 2 fully saturated rings. The van der Waals surface area contributed by atoms with E-state index in [9.17, 15) is 9.59 Å². The monoisotopic (exact) mass is 253 g/mol. The van der Waals surface area contributed by atoms with Gasteiger partial charge in [0, 0.05) is 38.0 Å². The van der Waals surface area contributed by atoms with Crippen LogP contribution in [0, 0.1) is 11.8 Å². The van der Waals surface area contributed by atoms with Crippen LogP contribution in [0.4, 0.5) is 0 Å². The summed E-state index contributed by atoms with van der Waals surface area (Å²) in [6.07, 6.45) is 4.12. The molecule has 0 aromatic carbocycles. The summed E-state index contributed by atoms with van der Waals surface area (Å²) in [6, 6.07) is 0.718. The highest BCUT2D eigenvalue weighted by Gasteiger charge is 2.41. The molecule has 2 aliphatic carbocycles. The molecule has 0 aromatic rings. The second-order valence-electron chi connectivity index (χ2n) is 5.66. The highest BCUT2D eigenvalue weighted by atomic mass is 16.2. The normalized spacial score (nSPS) is 26.8. The van der Waals surface area contributed by atoms with E-state index in [0.29, 0.717) is 0 Å². The van der Waals surface area contributed by atoms with Crippen molar-refractivity contribution in [2.45, 2.75) is 31.7 Å². The lowest BCUT2D eigenvalue weighted by Gasteiger charge is -2.36. The number of carbonyl (C=O) groups is 2. The summed E-state index contributed by atoms with van der Waals surface area (Å²) in [7, 11) is 3.92. The van der Waals surface area contributed by atoms with Crippen molar-refractivity contribution in [1.29, 1.82) is 0 Å². The SMILES string of the molecule is CN(CCN(C)C1CC1)C(=O)[C@H]1CC[C@H]1C(N)=O. The molecule has 0 saturated heterocycles. The second-order valence-corrected chi connectivity index (χ2v) is 5.66. The standard InChI is InChI=1S/C13H23N3O2/c1-15(9-3-4-9)7-8-16(2)13(18)11-6-5-10(11)12(14)17/h9-11H,3-8H2,1-2H3,(H2,14,17)/t10-,11+/m1/s1. The smallest absolute Gasteiger partial charge is 0.226 e. The second kappa shape index (κ2) is 5.26. The minimum absolute atomic E-state index is 0.0780. The van der Waals surface area contributed by atoms with Gasteiger partial charge in [-0.2, -0.15) is 0 Å². The van der Waals surface area contributed by atoms with E-state index < -0.39 is 0 Å². The number of amides is 2. The third kappa shape index (κ3) is 2.83. The van der Waals surface area contributed by atoms with Crippen molar-refractivity contribution in [3.05, 3.63) is 0 Å². The van der Waals surface area contributed by atoms with E-state index >= 15 is 0 Å². The van der Waals surface area contributed by atoms with Crippen LogP contribution in [0.5, 0.6) is 0 Å². The molecule has 0 aromatic heterocycles. The molecule has 2 saturated carbocycles. The Bertz CT molecular complexity index is 341. The predicted molar refractivity (Wildman–Crippen MR) is 68.7 cm³/mol. The Morgan fingerprint density at radius 3 is 2.11 bits per heavy atom. The van der Waals surface area contributed by atoms with Gasteiger partial charge in [-0.1, -0.05) is 0 Å². The molecule has 0 radical (unpaired) electrons. The van der Waals surface area contributed by atoms with Crippen LogP contribution in [-0.2, 0) is 9.59 Å². The van der Waals surface area contributed by atoms with Crippen molar-refractivity contribution < 1.29 is 9.59 Å². The maximum atomic E-state index is 12.1. The number of hydrogen-bond acceptors (Lipinski definition) is 3. The van der Waals surface area contributed by atoms with Crippen LogP contribution in [0.25, 0.3) is 0 Å². The van der Waals surface area contributed by atoms with Gasteiger partial charge in [0.25, 0.3) is 0 Å². The number of primary amides is 1. The van der Waals surface area contributed by atoms with Gasteiger partial charge in [-0.25, -0.2) is 0 Å². The van der Waals surface area contributed by atoms with Crippen molar-refractivity contribution in [3.63, 3.8) is 0 Å². The fourth-order valence-corrected chi connectivity index (χ4v) is 2.54. The Morgan fingerprint density at radius 1 is 1.06 bits per heavy atom. The third-order valence-electron chi connectivity index (χ3n) is 4.29. The molecule has 0 spiro atoms. The summed E-state index contributed by atoms with van der Waals surface area (Å²) in [4.78, 5) is 27.3. The van der Waals surface area contributed by atoms with E-state index in [0.717, 1.165) is 32.0 Å². The van der Waals surface area contributed by atoms with Crippen molar-refractivity contribution in [2.75, 3.05) is 27.2 Å². The molecule has 2 rings (SSSR count). The van der Waals surface area contributed by atoms with Gasteiger partial charge in [0.1, 0.15) is 0 Å². The molecule has 2 amide bonds. The zero-order valence-corrected chi connectivity index (χ0v) is 11.3. The average Bonchev–Trinajstić information content (AvgIpc) is 3.06. The van der Waals surface area contributed by atoms with Crippen LogP contribution in [0.15, 0.2) is 0 Å². The van der Waals surface area contributed by atoms with Crippen LogP contribution in [0.1, 0.15) is 25.7 Å². The summed E-state index contributed by atoms with van der Waals surface area (Å²) >= 11 is 0. The molecule has 0 unspecified atom stereocenters. The Balaban J connectivity index is 1.75. The minimum Gasteiger partial charge on any atom is -0.369 e. The fourth-order valence-electron chi connectivity index (χ4n) is 2.54. The molecular formula is C13H23N3O2. The zero-order valence-electron chi connectivity index (χ0n) is 11.3. The van der Waals surface area contributed by atoms with Crippen LogP contribution in [0.3, 0.4) is 0 Å². The van der Waals surface area contributed by atoms with Crippen molar-refractivity contribution in [1.82, 2.24) is 9.80 Å². The van der Waals surface area contributed by atoms with E-state index in [4.69, 9.17) is 5.73 Å². The summed E-state index contributed by atoms with van der Waals surface area (Å²) < 4.78 is 0. The summed E-state index contributed by atoms with van der Waals surface area (Å²) in [6.45, 7) is 1.63. The zero-order chi connectivity index (χ0) is 13.3. The number of rotatable bonds is 6. The third-order valence-corrected chi connectivity index (χ3v) is 4.29. The predicted octanol–water partition coefficient (Wildman–Crippen LogP) is 0.0505. The molecule has 0 aliphatic heterocycles. The molecule has 5 heteroatoms. The van der Waals surface area contributed by atoms with Crippen molar-refractivity contribution >= 4 is 11.8 Å². The van der Waals surface area contributed by atoms with Gasteiger partial charge >= 0.3 is 0 Å². The van der Waals surface area contributed by atoms with Crippen molar-refractivity contribution in [2.24, 2.45) is 17.6 Å². The lowest BCUT2D eigenvalue weighted by Crippen LogP contribution is -2.48. The van der Waals surface area contributed by atoms with Crippen LogP contribution in [0.2, 0.25) is 0 Å². The Labute approximate surface area is 108 Å². The molecule has 2 aliphatic rings. The van der Waals surface area contributed by atoms with Gasteiger partial charge in [-0.3, -0.25) is 9.59 Å². The first kappa shape index (κ1) is 13.3. The highest BCUT2D eigenvalue weighted by Crippen LogP contribution is 2.35. The number of nitrogens with zero attached hydrogens (tertiary/aromatic N) is 2. The minimum atomic E-state index is -0.330. The molecule has 102 valence electrons. The van der Waals surface area contributed by atoms with Gasteiger partial charge < -0.3 is 15.5 Å². The quantitative estimate of drug-likeness (QED) is 0.727. The summed E-state index contributed by atoms with van der Waals surface area (Å²) in [5.41, 5.74) is 5.28. The molecular weight excluding hydrogens is 230 g/mol. The number of carbonyl (C=O) groups excluding carboxylic acids is 2. The first-order valence-electron chi connectivity index (χ1n) is 6.75. The number of hydrogen-bond donors (Lipinski definition) is 1. The van der Waals surface area contributed by atoms with E-state index in [1.807, 2.05) is 7.05 Å². The first-order chi connectivity index (χ1) is 8.50. The molecule has 5 nitrogen and oxygen atoms in total. The molecule has 18 heavy (non-hydrogen) atoms. The van der Waals surface area contributed by atoms with Gasteiger partial charge in [-0.15, -0.1) is 0 Å². The largest absolute Gasteiger partial charge is 0.369 e. The average molecular weight is 253 g/mol. The van der Waals surface area contributed by atoms with Gasteiger partial charge in [0.05, 0.1) is 0 Å². The van der Waals surface area contributed by atoms with Crippen LogP contribution >= 0.6 is 0 Å². The lowest BCUT2D eigenvalue weighted by atomic mass is 9.72. The van der Waals surface area contributed by atoms with Gasteiger partial charge in [-0.05, 0) is 32.7 Å². The van der Waals surface area contributed by atoms with E-state index in [1.54, 1.807) is 4.90 Å². The number of likely N-dealkylation sites (N-methyl/N-ethyl adjacent to an activating group) is 2. The first-order valence-corrected chi connectivity index (χ1v) is 6.75. The van der Waals surface area contributed by atoms with Crippen molar-refractivity contribution in [3.8, 4) is 0 Å². The Hall–Kier alpha value is -1.10. The van der Waals surface area contributed by atoms with Crippen LogP contribution in [-0.4, -0.2) is 54.8 Å². The number of nitrogens with two attached hydrogens (primary N) is 1. The Kier molecular flexibility index (Phi) is 3.90. The molecule has 2 atom stereocenters. The van der Waals surface area contributed by atoms with Crippen LogP contribution < -0.4 is 5.73 Å². The topological polar surface area (TPSA) is 66.6 Å². The van der Waals surface area contributed by atoms with Gasteiger partial charge in [0.2, 0.25) is 11.8 Å². The van der Waals surface area contributed by atoms with E-state index in [1.165, 1.54) is 12.8 Å². The lowest BCUT2D eigenvalue weighted by molar-refractivity contribution is -0.145. The summed E-state index contributed by atoms with van der Waals surface area (Å²) in [5, 5.41) is 0. The Morgan fingerprint density at radius 2 is 1.67 bits per heavy atom. The van der Waals surface area contributed by atoms with E-state index in [-0.39, 0.29) is 23.7 Å². The summed E-state index contributed by atoms with van der Waals surface area (Å²) in [5.74, 6) is -0.655. The molecule has 0 bridgehead atoms.